The number of hydrogen-bond donors (Lipinski definition) is 0. The molecule has 0 saturated heterocycles. The second-order valence-electron chi connectivity index (χ2n) is 11.3. The van der Waals surface area contributed by atoms with E-state index in [-0.39, 0.29) is 18.5 Å². The number of aryl methyl sites for hydroxylation is 4. The summed E-state index contributed by atoms with van der Waals surface area (Å²) >= 11 is 0. The van der Waals surface area contributed by atoms with Gasteiger partial charge in [0.15, 0.2) is 6.61 Å². The van der Waals surface area contributed by atoms with Crippen LogP contribution in [0, 0.1) is 27.7 Å². The van der Waals surface area contributed by atoms with Crippen LogP contribution in [0.25, 0.3) is 21.5 Å². The van der Waals surface area contributed by atoms with Crippen LogP contribution in [0.2, 0.25) is 0 Å². The number of benzene rings is 3. The maximum Gasteiger partial charge on any atom is 0.344 e. The Labute approximate surface area is 252 Å². The highest BCUT2D eigenvalue weighted by atomic mass is 16.7. The molecule has 0 aliphatic heterocycles. The lowest BCUT2D eigenvalue weighted by atomic mass is 9.94. The van der Waals surface area contributed by atoms with E-state index in [9.17, 15) is 4.79 Å². The van der Waals surface area contributed by atoms with Gasteiger partial charge in [0.25, 0.3) is 5.95 Å². The normalized spacial score (nSPS) is 11.2. The number of carbonyl (C=O) groups is 1. The molecule has 0 spiro atoms. The molecule has 3 rings (SSSR count). The molecule has 0 aliphatic rings. The number of esters is 1. The fourth-order valence-electron chi connectivity index (χ4n) is 5.22. The molecule has 6 heteroatoms. The molecule has 3 aromatic carbocycles. The van der Waals surface area contributed by atoms with Gasteiger partial charge in [-0.05, 0) is 93.6 Å². The first-order chi connectivity index (χ1) is 20.3. The summed E-state index contributed by atoms with van der Waals surface area (Å²) in [5.74, 6) is 1.16. The van der Waals surface area contributed by atoms with Gasteiger partial charge in [-0.2, -0.15) is 0 Å². The van der Waals surface area contributed by atoms with E-state index in [0.29, 0.717) is 18.1 Å². The Bertz CT molecular complexity index is 1270. The van der Waals surface area contributed by atoms with Crippen LogP contribution in [0.15, 0.2) is 36.8 Å². The molecular weight excluding hydrogens is 528 g/mol. The van der Waals surface area contributed by atoms with E-state index in [2.05, 4.69) is 58.5 Å². The van der Waals surface area contributed by atoms with Gasteiger partial charge >= 0.3 is 5.97 Å². The highest BCUT2D eigenvalue weighted by Gasteiger charge is 2.20. The molecule has 6 nitrogen and oxygen atoms in total. The van der Waals surface area contributed by atoms with Crippen LogP contribution >= 0.6 is 0 Å². The number of methoxy groups -OCH3 is 2. The van der Waals surface area contributed by atoms with E-state index in [1.54, 1.807) is 7.11 Å². The third-order valence-electron chi connectivity index (χ3n) is 8.03. The molecular formula is C36H50O6. The van der Waals surface area contributed by atoms with Crippen molar-refractivity contribution in [3.05, 3.63) is 59.0 Å². The lowest BCUT2D eigenvalue weighted by Gasteiger charge is -2.20. The molecule has 0 N–H and O–H groups in total. The monoisotopic (exact) mass is 578 g/mol. The molecule has 0 fully saturated rings. The van der Waals surface area contributed by atoms with Gasteiger partial charge < -0.3 is 23.7 Å². The van der Waals surface area contributed by atoms with Gasteiger partial charge in [-0.1, -0.05) is 51.4 Å². The number of unbranched alkanes of at least 4 members (excludes halogenated alkanes) is 9. The van der Waals surface area contributed by atoms with Gasteiger partial charge in [-0.25, -0.2) is 4.79 Å². The van der Waals surface area contributed by atoms with Crippen molar-refractivity contribution in [3.8, 4) is 11.5 Å². The van der Waals surface area contributed by atoms with Crippen LogP contribution in [-0.2, 0) is 19.0 Å². The van der Waals surface area contributed by atoms with Crippen molar-refractivity contribution in [3.63, 3.8) is 0 Å². The quantitative estimate of drug-likeness (QED) is 0.0611. The Morgan fingerprint density at radius 3 is 1.45 bits per heavy atom. The number of carbonyl (C=O) groups excluding carboxylic acids is 1. The zero-order valence-electron chi connectivity index (χ0n) is 26.7. The maximum absolute atomic E-state index is 12.7. The summed E-state index contributed by atoms with van der Waals surface area (Å²) < 4.78 is 28.2. The molecule has 3 aromatic rings. The number of fused-ring (bicyclic) bond motifs is 2. The molecule has 42 heavy (non-hydrogen) atoms. The Hall–Kier alpha value is -3.25. The summed E-state index contributed by atoms with van der Waals surface area (Å²) in [5, 5.41) is 3.49. The summed E-state index contributed by atoms with van der Waals surface area (Å²) in [6.07, 6.45) is 12.0. The first kappa shape index (κ1) is 33.3. The fraction of sp³-hybridized carbons (Fsp3) is 0.528. The smallest absolute Gasteiger partial charge is 0.344 e. The summed E-state index contributed by atoms with van der Waals surface area (Å²) in [6.45, 7) is 13.3. The zero-order valence-corrected chi connectivity index (χ0v) is 26.7. The highest BCUT2D eigenvalue weighted by Crippen LogP contribution is 2.45. The van der Waals surface area contributed by atoms with Crippen LogP contribution in [0.4, 0.5) is 0 Å². The summed E-state index contributed by atoms with van der Waals surface area (Å²) in [6, 6.07) is 8.35. The first-order valence-electron chi connectivity index (χ1n) is 15.4. The number of hydrogen-bond acceptors (Lipinski definition) is 6. The molecule has 0 amide bonds. The van der Waals surface area contributed by atoms with Crippen LogP contribution in [0.1, 0.15) is 86.5 Å². The standard InChI is InChI=1S/C36H50O6/c1-25-20-30-32(22-27(25)3)36(42-29(5)39-7)33-23-28(4)26(2)21-31(33)35(30)41-24-34(37)40-19-17-15-13-11-9-8-10-12-14-16-18-38-6/h20-23H,5,8-19,24H2,1-4,6-7H3. The van der Waals surface area contributed by atoms with E-state index in [0.717, 1.165) is 63.2 Å². The summed E-state index contributed by atoms with van der Waals surface area (Å²) in [5.41, 5.74) is 4.50. The third kappa shape index (κ3) is 9.38. The molecule has 230 valence electrons. The van der Waals surface area contributed by atoms with E-state index in [1.807, 2.05) is 0 Å². The highest BCUT2D eigenvalue weighted by molar-refractivity contribution is 6.12. The lowest BCUT2D eigenvalue weighted by Crippen LogP contribution is -2.16. The van der Waals surface area contributed by atoms with Gasteiger partial charge in [0.2, 0.25) is 0 Å². The second kappa shape index (κ2) is 17.0. The van der Waals surface area contributed by atoms with E-state index in [4.69, 9.17) is 23.7 Å². The largest absolute Gasteiger partial charge is 0.481 e. The van der Waals surface area contributed by atoms with Gasteiger partial charge in [0.05, 0.1) is 13.7 Å². The van der Waals surface area contributed by atoms with Crippen molar-refractivity contribution in [1.82, 2.24) is 0 Å². The molecule has 0 aliphatic carbocycles. The Balaban J connectivity index is 1.60. The van der Waals surface area contributed by atoms with Crippen molar-refractivity contribution < 1.29 is 28.5 Å². The average molecular weight is 579 g/mol. The van der Waals surface area contributed by atoms with Crippen molar-refractivity contribution in [1.29, 1.82) is 0 Å². The van der Waals surface area contributed by atoms with Gasteiger partial charge in [-0.3, -0.25) is 0 Å². The van der Waals surface area contributed by atoms with E-state index < -0.39 is 0 Å². The van der Waals surface area contributed by atoms with Crippen molar-refractivity contribution in [2.24, 2.45) is 0 Å². The van der Waals surface area contributed by atoms with E-state index >= 15 is 0 Å². The number of rotatable bonds is 19. The van der Waals surface area contributed by atoms with Crippen LogP contribution < -0.4 is 9.47 Å². The Morgan fingerprint density at radius 2 is 1.02 bits per heavy atom. The van der Waals surface area contributed by atoms with Crippen molar-refractivity contribution in [2.45, 2.75) is 91.9 Å². The molecule has 0 heterocycles. The molecule has 0 bridgehead atoms. The molecule has 0 saturated carbocycles. The average Bonchev–Trinajstić information content (AvgIpc) is 2.97. The summed E-state index contributed by atoms with van der Waals surface area (Å²) in [7, 11) is 3.30. The minimum absolute atomic E-state index is 0.153. The second-order valence-corrected chi connectivity index (χ2v) is 11.3. The minimum Gasteiger partial charge on any atom is -0.481 e. The SMILES string of the molecule is C=C(OC)Oc1c2cc(C)c(C)cc2c(OCC(=O)OCCCCCCCCCCCCOC)c2cc(C)c(C)cc12. The molecule has 0 atom stereocenters. The molecule has 0 unspecified atom stereocenters. The Kier molecular flexibility index (Phi) is 13.5. The van der Waals surface area contributed by atoms with Crippen LogP contribution in [0.5, 0.6) is 11.5 Å². The predicted octanol–water partition coefficient (Wildman–Crippen LogP) is 9.19. The lowest BCUT2D eigenvalue weighted by molar-refractivity contribution is -0.146. The van der Waals surface area contributed by atoms with Gasteiger partial charge in [0, 0.05) is 35.3 Å². The zero-order chi connectivity index (χ0) is 30.5. The number of ether oxygens (including phenoxy) is 5. The van der Waals surface area contributed by atoms with Crippen LogP contribution in [-0.4, -0.2) is 40.0 Å². The first-order valence-corrected chi connectivity index (χ1v) is 15.4. The third-order valence-corrected chi connectivity index (χ3v) is 8.03. The van der Waals surface area contributed by atoms with Crippen molar-refractivity contribution in [2.75, 3.05) is 34.0 Å². The predicted molar refractivity (Wildman–Crippen MR) is 172 cm³/mol. The minimum atomic E-state index is -0.356. The van der Waals surface area contributed by atoms with Crippen molar-refractivity contribution >= 4 is 27.5 Å². The topological polar surface area (TPSA) is 63.2 Å². The van der Waals surface area contributed by atoms with Crippen LogP contribution in [0.3, 0.4) is 0 Å². The van der Waals surface area contributed by atoms with Gasteiger partial charge in [-0.15, -0.1) is 0 Å². The maximum atomic E-state index is 12.7. The fourth-order valence-corrected chi connectivity index (χ4v) is 5.22. The summed E-state index contributed by atoms with van der Waals surface area (Å²) in [4.78, 5) is 12.7. The molecule has 0 aromatic heterocycles. The molecule has 0 radical (unpaired) electrons. The Morgan fingerprint density at radius 1 is 0.619 bits per heavy atom. The van der Waals surface area contributed by atoms with Gasteiger partial charge in [0.1, 0.15) is 11.5 Å². The van der Waals surface area contributed by atoms with E-state index in [1.165, 1.54) is 58.5 Å².